The number of aliphatic imine (C=N–C) groups is 1. The van der Waals surface area contributed by atoms with Gasteiger partial charge in [0.1, 0.15) is 11.5 Å². The van der Waals surface area contributed by atoms with Gasteiger partial charge < -0.3 is 24.8 Å². The summed E-state index contributed by atoms with van der Waals surface area (Å²) in [5.74, 6) is 1.89. The van der Waals surface area contributed by atoms with E-state index >= 15 is 0 Å². The lowest BCUT2D eigenvalue weighted by Crippen LogP contribution is -2.37. The molecular weight excluding hydrogens is 471 g/mol. The van der Waals surface area contributed by atoms with Crippen molar-refractivity contribution >= 4 is 29.9 Å². The van der Waals surface area contributed by atoms with Crippen molar-refractivity contribution in [3.8, 4) is 11.5 Å². The van der Waals surface area contributed by atoms with Crippen LogP contribution in [0.5, 0.6) is 11.5 Å². The second-order valence-corrected chi connectivity index (χ2v) is 6.08. The third kappa shape index (κ3) is 9.41. The molecule has 0 spiro atoms. The topological polar surface area (TPSA) is 64.1 Å². The van der Waals surface area contributed by atoms with Crippen LogP contribution in [0, 0.1) is 5.92 Å². The summed E-state index contributed by atoms with van der Waals surface area (Å²) in [4.78, 5) is 4.12. The number of halogens is 3. The van der Waals surface area contributed by atoms with Gasteiger partial charge in [-0.15, -0.1) is 24.0 Å². The average Bonchev–Trinajstić information content (AvgIpc) is 3.45. The highest BCUT2D eigenvalue weighted by atomic mass is 127. The Bertz CT molecular complexity index is 587. The van der Waals surface area contributed by atoms with Gasteiger partial charge in [0.2, 0.25) is 0 Å². The van der Waals surface area contributed by atoms with Gasteiger partial charge in [0, 0.05) is 45.0 Å². The molecule has 0 atom stereocenters. The first-order chi connectivity index (χ1) is 12.6. The molecule has 0 unspecified atom stereocenters. The molecule has 0 bridgehead atoms. The minimum absolute atomic E-state index is 0. The number of nitrogens with one attached hydrogen (secondary N) is 2. The number of benzene rings is 1. The molecule has 0 amide bonds. The number of rotatable bonds is 11. The number of ether oxygens (including phenoxy) is 3. The fourth-order valence-electron chi connectivity index (χ4n) is 2.33. The Balaban J connectivity index is 0.00000364. The summed E-state index contributed by atoms with van der Waals surface area (Å²) in [6, 6.07) is 4.82. The summed E-state index contributed by atoms with van der Waals surface area (Å²) in [6.45, 7) is -0.311. The molecule has 1 aromatic rings. The summed E-state index contributed by atoms with van der Waals surface area (Å²) < 4.78 is 40.4. The Morgan fingerprint density at radius 1 is 1.30 bits per heavy atom. The minimum atomic E-state index is -2.89. The van der Waals surface area contributed by atoms with Crippen molar-refractivity contribution in [1.29, 1.82) is 0 Å². The largest absolute Gasteiger partial charge is 0.497 e. The molecule has 2 rings (SSSR count). The maximum atomic E-state index is 12.6. The summed E-state index contributed by atoms with van der Waals surface area (Å²) in [6.07, 6.45) is 3.45. The maximum absolute atomic E-state index is 12.6. The van der Waals surface area contributed by atoms with Crippen LogP contribution in [0.25, 0.3) is 0 Å². The lowest BCUT2D eigenvalue weighted by Gasteiger charge is -2.15. The smallest absolute Gasteiger partial charge is 0.387 e. The van der Waals surface area contributed by atoms with Gasteiger partial charge in [0.25, 0.3) is 0 Å². The first kappa shape index (κ1) is 23.7. The zero-order valence-corrected chi connectivity index (χ0v) is 18.0. The Kier molecular flexibility index (Phi) is 11.3. The molecular formula is C18H28F2IN3O3. The summed E-state index contributed by atoms with van der Waals surface area (Å²) in [7, 11) is 3.13. The van der Waals surface area contributed by atoms with Crippen LogP contribution in [0.1, 0.15) is 24.8 Å². The molecule has 1 fully saturated rings. The summed E-state index contributed by atoms with van der Waals surface area (Å²) in [5, 5.41) is 6.26. The van der Waals surface area contributed by atoms with Gasteiger partial charge in [0.15, 0.2) is 5.96 Å². The molecule has 9 heteroatoms. The molecule has 0 aliphatic heterocycles. The molecule has 27 heavy (non-hydrogen) atoms. The van der Waals surface area contributed by atoms with Gasteiger partial charge in [-0.2, -0.15) is 8.78 Å². The monoisotopic (exact) mass is 499 g/mol. The second-order valence-electron chi connectivity index (χ2n) is 6.08. The molecule has 0 heterocycles. The zero-order valence-electron chi connectivity index (χ0n) is 15.7. The van der Waals surface area contributed by atoms with Crippen LogP contribution in [0.4, 0.5) is 8.78 Å². The van der Waals surface area contributed by atoms with E-state index in [2.05, 4.69) is 20.4 Å². The number of hydrogen-bond acceptors (Lipinski definition) is 4. The van der Waals surface area contributed by atoms with Gasteiger partial charge >= 0.3 is 6.61 Å². The van der Waals surface area contributed by atoms with E-state index in [0.29, 0.717) is 37.0 Å². The Hall–Kier alpha value is -1.36. The molecule has 0 aromatic heterocycles. The Morgan fingerprint density at radius 2 is 2.07 bits per heavy atom. The average molecular weight is 499 g/mol. The maximum Gasteiger partial charge on any atom is 0.387 e. The van der Waals surface area contributed by atoms with E-state index in [0.717, 1.165) is 18.9 Å². The lowest BCUT2D eigenvalue weighted by atomic mass is 10.2. The standard InChI is InChI=1S/C18H27F2N3O3.HI/c1-21-18(22-8-3-9-25-12-13-4-5-13)23-11-14-6-7-15(24-2)10-16(14)26-17(19)20;/h6-7,10,13,17H,3-5,8-9,11-12H2,1-2H3,(H2,21,22,23);1H. The van der Waals surface area contributed by atoms with Crippen LogP contribution in [0.15, 0.2) is 23.2 Å². The van der Waals surface area contributed by atoms with Crippen LogP contribution >= 0.6 is 24.0 Å². The van der Waals surface area contributed by atoms with Crippen LogP contribution in [-0.2, 0) is 11.3 Å². The molecule has 0 radical (unpaired) electrons. The second kappa shape index (κ2) is 12.9. The lowest BCUT2D eigenvalue weighted by molar-refractivity contribution is -0.0505. The number of alkyl halides is 2. The highest BCUT2D eigenvalue weighted by Gasteiger charge is 2.20. The predicted molar refractivity (Wildman–Crippen MR) is 111 cm³/mol. The predicted octanol–water partition coefficient (Wildman–Crippen LogP) is 3.40. The van der Waals surface area contributed by atoms with Crippen LogP contribution in [-0.4, -0.2) is 46.5 Å². The van der Waals surface area contributed by atoms with E-state index in [1.807, 2.05) is 0 Å². The quantitative estimate of drug-likeness (QED) is 0.212. The minimum Gasteiger partial charge on any atom is -0.497 e. The van der Waals surface area contributed by atoms with E-state index in [1.165, 1.54) is 26.0 Å². The first-order valence-electron chi connectivity index (χ1n) is 8.76. The first-order valence-corrected chi connectivity index (χ1v) is 8.76. The molecule has 2 N–H and O–H groups in total. The number of guanidine groups is 1. The highest BCUT2D eigenvalue weighted by molar-refractivity contribution is 14.0. The van der Waals surface area contributed by atoms with Crippen molar-refractivity contribution in [3.63, 3.8) is 0 Å². The summed E-state index contributed by atoms with van der Waals surface area (Å²) >= 11 is 0. The van der Waals surface area contributed by atoms with Crippen LogP contribution in [0.2, 0.25) is 0 Å². The Morgan fingerprint density at radius 3 is 2.70 bits per heavy atom. The van der Waals surface area contributed by atoms with E-state index in [-0.39, 0.29) is 29.7 Å². The fourth-order valence-corrected chi connectivity index (χ4v) is 2.33. The molecule has 6 nitrogen and oxygen atoms in total. The fraction of sp³-hybridized carbons (Fsp3) is 0.611. The van der Waals surface area contributed by atoms with Crippen molar-refractivity contribution in [2.75, 3.05) is 33.9 Å². The molecule has 1 saturated carbocycles. The third-order valence-electron chi connectivity index (χ3n) is 3.97. The highest BCUT2D eigenvalue weighted by Crippen LogP contribution is 2.28. The van der Waals surface area contributed by atoms with Crippen molar-refractivity contribution in [3.05, 3.63) is 23.8 Å². The van der Waals surface area contributed by atoms with Crippen LogP contribution in [0.3, 0.4) is 0 Å². The van der Waals surface area contributed by atoms with Crippen molar-refractivity contribution in [2.45, 2.75) is 32.4 Å². The van der Waals surface area contributed by atoms with Crippen molar-refractivity contribution in [1.82, 2.24) is 10.6 Å². The van der Waals surface area contributed by atoms with Gasteiger partial charge in [0.05, 0.1) is 7.11 Å². The SMILES string of the molecule is CN=C(NCCCOCC1CC1)NCc1ccc(OC)cc1OC(F)F.I. The van der Waals surface area contributed by atoms with Gasteiger partial charge in [-0.05, 0) is 37.3 Å². The molecule has 1 aliphatic rings. The summed E-state index contributed by atoms with van der Waals surface area (Å²) in [5.41, 5.74) is 0.585. The van der Waals surface area contributed by atoms with Gasteiger partial charge in [-0.3, -0.25) is 4.99 Å². The normalized spacial score (nSPS) is 13.9. The van der Waals surface area contributed by atoms with E-state index < -0.39 is 6.61 Å². The molecule has 154 valence electrons. The van der Waals surface area contributed by atoms with E-state index in [4.69, 9.17) is 9.47 Å². The van der Waals surface area contributed by atoms with Gasteiger partial charge in [-0.25, -0.2) is 0 Å². The Labute approximate surface area is 176 Å². The van der Waals surface area contributed by atoms with Crippen LogP contribution < -0.4 is 20.1 Å². The number of methoxy groups -OCH3 is 1. The van der Waals surface area contributed by atoms with E-state index in [9.17, 15) is 8.78 Å². The van der Waals surface area contributed by atoms with E-state index in [1.54, 1.807) is 19.2 Å². The third-order valence-corrected chi connectivity index (χ3v) is 3.97. The van der Waals surface area contributed by atoms with Crippen molar-refractivity contribution in [2.24, 2.45) is 10.9 Å². The van der Waals surface area contributed by atoms with Gasteiger partial charge in [-0.1, -0.05) is 0 Å². The zero-order chi connectivity index (χ0) is 18.8. The molecule has 1 aromatic carbocycles. The number of hydrogen-bond donors (Lipinski definition) is 2. The van der Waals surface area contributed by atoms with Crippen molar-refractivity contribution < 1.29 is 23.0 Å². The number of nitrogens with zero attached hydrogens (tertiary/aromatic N) is 1. The molecule has 1 aliphatic carbocycles. The molecule has 0 saturated heterocycles.